The van der Waals surface area contributed by atoms with Crippen molar-refractivity contribution in [3.05, 3.63) is 58.9 Å². The van der Waals surface area contributed by atoms with Crippen molar-refractivity contribution < 1.29 is 9.59 Å². The number of aromatic nitrogens is 1. The topological polar surface area (TPSA) is 88.3 Å². The van der Waals surface area contributed by atoms with Gasteiger partial charge in [-0.15, -0.1) is 0 Å². The Labute approximate surface area is 159 Å². The number of hydrogen-bond donors (Lipinski definition) is 2. The van der Waals surface area contributed by atoms with E-state index >= 15 is 0 Å². The maximum absolute atomic E-state index is 12.6. The predicted octanol–water partition coefficient (Wildman–Crippen LogP) is 2.86. The zero-order valence-electron chi connectivity index (χ0n) is 16.0. The van der Waals surface area contributed by atoms with E-state index in [2.05, 4.69) is 37.1 Å². The molecule has 142 valence electrons. The molecular formula is C21H26N4O2. The fraction of sp³-hybridized carbons (Fsp3) is 0.381. The molecule has 1 aromatic heterocycles. The van der Waals surface area contributed by atoms with Gasteiger partial charge in [0.15, 0.2) is 0 Å². The molecule has 6 heteroatoms. The molecule has 0 fully saturated rings. The van der Waals surface area contributed by atoms with E-state index in [1.54, 1.807) is 12.4 Å². The van der Waals surface area contributed by atoms with Gasteiger partial charge in [-0.2, -0.15) is 0 Å². The minimum absolute atomic E-state index is 0.178. The van der Waals surface area contributed by atoms with Gasteiger partial charge < -0.3 is 11.1 Å². The van der Waals surface area contributed by atoms with Crippen LogP contribution in [0.15, 0.2) is 36.7 Å². The molecule has 3 rings (SSSR count). The van der Waals surface area contributed by atoms with Crippen LogP contribution in [0.25, 0.3) is 0 Å². The number of primary amides is 1. The number of nitrogens with zero attached hydrogens (tertiary/aromatic N) is 2. The van der Waals surface area contributed by atoms with Crippen LogP contribution in [0, 0.1) is 0 Å². The third-order valence-corrected chi connectivity index (χ3v) is 4.93. The first-order valence-corrected chi connectivity index (χ1v) is 9.23. The maximum atomic E-state index is 12.6. The quantitative estimate of drug-likeness (QED) is 0.852. The average molecular weight is 366 g/mol. The molecule has 0 saturated heterocycles. The highest BCUT2D eigenvalue weighted by molar-refractivity contribution is 6.04. The van der Waals surface area contributed by atoms with Crippen LogP contribution in [0.4, 0.5) is 5.69 Å². The Morgan fingerprint density at radius 3 is 2.78 bits per heavy atom. The molecule has 3 N–H and O–H groups in total. The minimum atomic E-state index is -0.326. The van der Waals surface area contributed by atoms with Gasteiger partial charge in [-0.05, 0) is 46.7 Å². The number of fused-ring (bicyclic) bond motifs is 1. The van der Waals surface area contributed by atoms with E-state index in [4.69, 9.17) is 5.73 Å². The number of carbonyl (C=O) groups excluding carboxylic acids is 2. The summed E-state index contributed by atoms with van der Waals surface area (Å²) >= 11 is 0. The molecule has 1 atom stereocenters. The van der Waals surface area contributed by atoms with Crippen LogP contribution in [0.2, 0.25) is 0 Å². The third kappa shape index (κ3) is 4.52. The van der Waals surface area contributed by atoms with Crippen LogP contribution in [0.5, 0.6) is 0 Å². The van der Waals surface area contributed by atoms with Crippen LogP contribution >= 0.6 is 0 Å². The maximum Gasteiger partial charge on any atom is 0.257 e. The van der Waals surface area contributed by atoms with E-state index in [1.807, 2.05) is 23.1 Å². The number of benzene rings is 1. The van der Waals surface area contributed by atoms with Crippen molar-refractivity contribution in [3.63, 3.8) is 0 Å². The summed E-state index contributed by atoms with van der Waals surface area (Å²) in [5.41, 5.74) is 10.0. The monoisotopic (exact) mass is 366 g/mol. The van der Waals surface area contributed by atoms with Crippen molar-refractivity contribution in [3.8, 4) is 0 Å². The summed E-state index contributed by atoms with van der Waals surface area (Å²) in [6.07, 6.45) is 3.37. The Balaban J connectivity index is 1.78. The highest BCUT2D eigenvalue weighted by Gasteiger charge is 2.23. The molecule has 2 heterocycles. The molecular weight excluding hydrogens is 340 g/mol. The van der Waals surface area contributed by atoms with Gasteiger partial charge in [-0.25, -0.2) is 0 Å². The second kappa shape index (κ2) is 7.88. The Morgan fingerprint density at radius 2 is 2.07 bits per heavy atom. The first-order chi connectivity index (χ1) is 12.8. The smallest absolute Gasteiger partial charge is 0.257 e. The molecule has 0 bridgehead atoms. The standard InChI is InChI=1S/C21H26N4O2/c1-13(2)15-6-16(9-23-8-15)21(27)24-18-4-5-19-14(3)10-25(12-20(22)26)11-17(19)7-18/h4-9,13-14H,10-12H2,1-3H3,(H2,22,26)(H,24,27)/t14-/m0/s1. The first kappa shape index (κ1) is 19.0. The fourth-order valence-electron chi connectivity index (χ4n) is 3.53. The van der Waals surface area contributed by atoms with Gasteiger partial charge in [-0.1, -0.05) is 26.8 Å². The van der Waals surface area contributed by atoms with Crippen molar-refractivity contribution in [2.75, 3.05) is 18.4 Å². The molecule has 2 amide bonds. The molecule has 0 aliphatic carbocycles. The third-order valence-electron chi connectivity index (χ3n) is 4.93. The summed E-state index contributed by atoms with van der Waals surface area (Å²) in [5, 5.41) is 2.96. The van der Waals surface area contributed by atoms with Gasteiger partial charge in [0.1, 0.15) is 0 Å². The normalized spacial score (nSPS) is 16.8. The predicted molar refractivity (Wildman–Crippen MR) is 106 cm³/mol. The lowest BCUT2D eigenvalue weighted by atomic mass is 9.90. The second-order valence-corrected chi connectivity index (χ2v) is 7.57. The summed E-state index contributed by atoms with van der Waals surface area (Å²) in [5.74, 6) is 0.118. The van der Waals surface area contributed by atoms with Gasteiger partial charge in [-0.3, -0.25) is 19.5 Å². The van der Waals surface area contributed by atoms with Gasteiger partial charge in [0.25, 0.3) is 5.91 Å². The molecule has 0 radical (unpaired) electrons. The summed E-state index contributed by atoms with van der Waals surface area (Å²) < 4.78 is 0. The summed E-state index contributed by atoms with van der Waals surface area (Å²) in [4.78, 5) is 30.1. The lowest BCUT2D eigenvalue weighted by Crippen LogP contribution is -2.38. The van der Waals surface area contributed by atoms with E-state index in [1.165, 1.54) is 5.56 Å². The van der Waals surface area contributed by atoms with E-state index in [0.29, 0.717) is 23.9 Å². The number of hydrogen-bond acceptors (Lipinski definition) is 4. The Morgan fingerprint density at radius 1 is 1.30 bits per heavy atom. The molecule has 27 heavy (non-hydrogen) atoms. The first-order valence-electron chi connectivity index (χ1n) is 9.23. The summed E-state index contributed by atoms with van der Waals surface area (Å²) in [6, 6.07) is 7.84. The number of rotatable bonds is 5. The SMILES string of the molecule is CC(C)c1cncc(C(=O)Nc2ccc3c(c2)CN(CC(N)=O)C[C@@H]3C)c1. The number of anilines is 1. The van der Waals surface area contributed by atoms with E-state index in [-0.39, 0.29) is 18.4 Å². The summed E-state index contributed by atoms with van der Waals surface area (Å²) in [6.45, 7) is 7.97. The second-order valence-electron chi connectivity index (χ2n) is 7.57. The van der Waals surface area contributed by atoms with Crippen LogP contribution in [0.1, 0.15) is 59.7 Å². The number of pyridine rings is 1. The van der Waals surface area contributed by atoms with E-state index in [9.17, 15) is 9.59 Å². The van der Waals surface area contributed by atoms with Crippen LogP contribution < -0.4 is 11.1 Å². The highest BCUT2D eigenvalue weighted by Crippen LogP contribution is 2.30. The Kier molecular flexibility index (Phi) is 5.56. The zero-order chi connectivity index (χ0) is 19.6. The average Bonchev–Trinajstić information content (AvgIpc) is 2.61. The molecule has 1 aliphatic heterocycles. The molecule has 1 aliphatic rings. The van der Waals surface area contributed by atoms with Crippen molar-refractivity contribution in [2.24, 2.45) is 5.73 Å². The van der Waals surface area contributed by atoms with E-state index < -0.39 is 0 Å². The van der Waals surface area contributed by atoms with Crippen LogP contribution in [-0.2, 0) is 11.3 Å². The van der Waals surface area contributed by atoms with Crippen molar-refractivity contribution in [1.82, 2.24) is 9.88 Å². The number of nitrogens with one attached hydrogen (secondary N) is 1. The lowest BCUT2D eigenvalue weighted by molar-refractivity contribution is -0.119. The highest BCUT2D eigenvalue weighted by atomic mass is 16.2. The van der Waals surface area contributed by atoms with Crippen molar-refractivity contribution in [1.29, 1.82) is 0 Å². The Hall–Kier alpha value is -2.73. The fourth-order valence-corrected chi connectivity index (χ4v) is 3.53. The number of nitrogens with two attached hydrogens (primary N) is 1. The van der Waals surface area contributed by atoms with Gasteiger partial charge in [0.2, 0.25) is 5.91 Å². The van der Waals surface area contributed by atoms with Crippen molar-refractivity contribution >= 4 is 17.5 Å². The van der Waals surface area contributed by atoms with Gasteiger partial charge >= 0.3 is 0 Å². The molecule has 0 saturated carbocycles. The molecule has 1 aromatic carbocycles. The molecule has 6 nitrogen and oxygen atoms in total. The number of carbonyl (C=O) groups is 2. The minimum Gasteiger partial charge on any atom is -0.369 e. The van der Waals surface area contributed by atoms with Crippen LogP contribution in [0.3, 0.4) is 0 Å². The van der Waals surface area contributed by atoms with Gasteiger partial charge in [0.05, 0.1) is 12.1 Å². The Bertz CT molecular complexity index is 863. The zero-order valence-corrected chi connectivity index (χ0v) is 16.0. The van der Waals surface area contributed by atoms with Crippen molar-refractivity contribution in [2.45, 2.75) is 39.2 Å². The largest absolute Gasteiger partial charge is 0.369 e. The van der Waals surface area contributed by atoms with E-state index in [0.717, 1.165) is 23.4 Å². The van der Waals surface area contributed by atoms with Crippen LogP contribution in [-0.4, -0.2) is 34.8 Å². The number of amides is 2. The molecule has 2 aromatic rings. The molecule has 0 unspecified atom stereocenters. The lowest BCUT2D eigenvalue weighted by Gasteiger charge is -2.32. The summed E-state index contributed by atoms with van der Waals surface area (Å²) in [7, 11) is 0. The molecule has 0 spiro atoms. The van der Waals surface area contributed by atoms with Gasteiger partial charge in [0, 0.05) is 31.2 Å².